The summed E-state index contributed by atoms with van der Waals surface area (Å²) in [5, 5.41) is 2.70. The zero-order chi connectivity index (χ0) is 19.9. The van der Waals surface area contributed by atoms with Gasteiger partial charge in [-0.05, 0) is 52.4 Å². The van der Waals surface area contributed by atoms with Gasteiger partial charge in [0.25, 0.3) is 5.91 Å². The first-order chi connectivity index (χ1) is 13.5. The van der Waals surface area contributed by atoms with E-state index in [1.54, 1.807) is 18.0 Å². The van der Waals surface area contributed by atoms with E-state index in [4.69, 9.17) is 4.74 Å². The second-order valence-corrected chi connectivity index (χ2v) is 7.84. The van der Waals surface area contributed by atoms with Crippen molar-refractivity contribution in [2.45, 2.75) is 6.54 Å². The molecule has 0 saturated carbocycles. The molecular formula is C21H24IN3O3. The largest absolute Gasteiger partial charge is 0.378 e. The third-order valence-corrected chi connectivity index (χ3v) is 5.62. The Morgan fingerprint density at radius 3 is 2.46 bits per heavy atom. The van der Waals surface area contributed by atoms with Crippen LogP contribution in [0.15, 0.2) is 48.5 Å². The van der Waals surface area contributed by atoms with Crippen LogP contribution in [-0.2, 0) is 16.1 Å². The molecule has 1 N–H and O–H groups in total. The first-order valence-corrected chi connectivity index (χ1v) is 10.3. The van der Waals surface area contributed by atoms with E-state index in [1.165, 1.54) is 5.69 Å². The number of halogens is 1. The number of carbonyl (C=O) groups excluding carboxylic acids is 2. The molecule has 6 nitrogen and oxygen atoms in total. The molecule has 2 amide bonds. The molecule has 28 heavy (non-hydrogen) atoms. The number of nitrogens with one attached hydrogen (secondary N) is 1. The summed E-state index contributed by atoms with van der Waals surface area (Å²) in [7, 11) is 1.75. The number of anilines is 1. The van der Waals surface area contributed by atoms with E-state index >= 15 is 0 Å². The van der Waals surface area contributed by atoms with Crippen molar-refractivity contribution < 1.29 is 14.3 Å². The van der Waals surface area contributed by atoms with Crippen molar-refractivity contribution in [2.24, 2.45) is 0 Å². The minimum atomic E-state index is -0.235. The number of amides is 2. The third kappa shape index (κ3) is 5.45. The van der Waals surface area contributed by atoms with Crippen LogP contribution in [0.5, 0.6) is 0 Å². The summed E-state index contributed by atoms with van der Waals surface area (Å²) < 4.78 is 6.24. The molecule has 0 radical (unpaired) electrons. The van der Waals surface area contributed by atoms with Gasteiger partial charge in [0.2, 0.25) is 5.91 Å². The van der Waals surface area contributed by atoms with E-state index in [0.717, 1.165) is 35.4 Å². The SMILES string of the molecule is CN(Cc1ccc(N2CCOCC2)cc1)C(=O)CNC(=O)c1ccccc1I. The van der Waals surface area contributed by atoms with Gasteiger partial charge in [-0.25, -0.2) is 0 Å². The molecule has 0 bridgehead atoms. The van der Waals surface area contributed by atoms with Crippen LogP contribution < -0.4 is 10.2 Å². The van der Waals surface area contributed by atoms with Crippen LogP contribution in [-0.4, -0.2) is 56.6 Å². The summed E-state index contributed by atoms with van der Waals surface area (Å²) in [5.74, 6) is -0.363. The lowest BCUT2D eigenvalue weighted by atomic mass is 10.1. The first-order valence-electron chi connectivity index (χ1n) is 9.23. The first kappa shape index (κ1) is 20.6. The topological polar surface area (TPSA) is 61.9 Å². The minimum absolute atomic E-state index is 0.0217. The van der Waals surface area contributed by atoms with Gasteiger partial charge in [0.05, 0.1) is 25.3 Å². The average Bonchev–Trinajstić information content (AvgIpc) is 2.73. The van der Waals surface area contributed by atoms with E-state index in [1.807, 2.05) is 30.3 Å². The predicted molar refractivity (Wildman–Crippen MR) is 117 cm³/mol. The number of benzene rings is 2. The molecule has 1 aliphatic rings. The molecule has 7 heteroatoms. The Bertz CT molecular complexity index is 820. The second-order valence-electron chi connectivity index (χ2n) is 6.68. The molecule has 0 aliphatic carbocycles. The van der Waals surface area contributed by atoms with Crippen LogP contribution in [0.25, 0.3) is 0 Å². The number of hydrogen-bond acceptors (Lipinski definition) is 4. The van der Waals surface area contributed by atoms with Gasteiger partial charge >= 0.3 is 0 Å². The maximum Gasteiger partial charge on any atom is 0.252 e. The maximum atomic E-state index is 12.4. The Balaban J connectivity index is 1.49. The van der Waals surface area contributed by atoms with E-state index in [-0.39, 0.29) is 18.4 Å². The smallest absolute Gasteiger partial charge is 0.252 e. The molecule has 0 spiro atoms. The fourth-order valence-electron chi connectivity index (χ4n) is 3.03. The molecule has 1 fully saturated rings. The van der Waals surface area contributed by atoms with Gasteiger partial charge in [0.15, 0.2) is 0 Å². The molecule has 148 valence electrons. The number of rotatable bonds is 6. The maximum absolute atomic E-state index is 12.4. The van der Waals surface area contributed by atoms with Crippen molar-refractivity contribution in [1.82, 2.24) is 10.2 Å². The van der Waals surface area contributed by atoms with Gasteiger partial charge in [-0.3, -0.25) is 9.59 Å². The van der Waals surface area contributed by atoms with Gasteiger partial charge in [-0.2, -0.15) is 0 Å². The summed E-state index contributed by atoms with van der Waals surface area (Å²) in [6, 6.07) is 15.5. The molecule has 0 unspecified atom stereocenters. The highest BCUT2D eigenvalue weighted by Gasteiger charge is 2.14. The van der Waals surface area contributed by atoms with Crippen LogP contribution in [0.4, 0.5) is 5.69 Å². The Kier molecular flexibility index (Phi) is 7.27. The molecule has 2 aromatic rings. The third-order valence-electron chi connectivity index (χ3n) is 4.68. The second kappa shape index (κ2) is 9.88. The van der Waals surface area contributed by atoms with Gasteiger partial charge in [0.1, 0.15) is 0 Å². The van der Waals surface area contributed by atoms with Crippen molar-refractivity contribution in [3.63, 3.8) is 0 Å². The lowest BCUT2D eigenvalue weighted by molar-refractivity contribution is -0.129. The summed E-state index contributed by atoms with van der Waals surface area (Å²) in [6.45, 7) is 3.79. The standard InChI is InChI=1S/C21H24IN3O3/c1-24(20(26)14-23-21(27)18-4-2-3-5-19(18)22)15-16-6-8-17(9-7-16)25-10-12-28-13-11-25/h2-9H,10-15H2,1H3,(H,23,27). The molecule has 3 rings (SSSR count). The van der Waals surface area contributed by atoms with Crippen LogP contribution in [0, 0.1) is 3.57 Å². The molecule has 0 aromatic heterocycles. The Morgan fingerprint density at radius 1 is 1.11 bits per heavy atom. The number of nitrogens with zero attached hydrogens (tertiary/aromatic N) is 2. The number of likely N-dealkylation sites (N-methyl/N-ethyl adjacent to an activating group) is 1. The monoisotopic (exact) mass is 493 g/mol. The lowest BCUT2D eigenvalue weighted by Crippen LogP contribution is -2.38. The molecule has 0 atom stereocenters. The number of hydrogen-bond donors (Lipinski definition) is 1. The molecule has 2 aromatic carbocycles. The van der Waals surface area contributed by atoms with Gasteiger partial charge in [0, 0.05) is 35.9 Å². The van der Waals surface area contributed by atoms with E-state index in [0.29, 0.717) is 12.1 Å². The minimum Gasteiger partial charge on any atom is -0.378 e. The summed E-state index contributed by atoms with van der Waals surface area (Å²) in [6.07, 6.45) is 0. The predicted octanol–water partition coefficient (Wildman–Crippen LogP) is 2.52. The Labute approximate surface area is 179 Å². The molecule has 1 heterocycles. The summed E-state index contributed by atoms with van der Waals surface area (Å²) >= 11 is 2.11. The lowest BCUT2D eigenvalue weighted by Gasteiger charge is -2.29. The number of ether oxygens (including phenoxy) is 1. The number of morpholine rings is 1. The normalized spacial score (nSPS) is 13.9. The zero-order valence-corrected chi connectivity index (χ0v) is 18.0. The zero-order valence-electron chi connectivity index (χ0n) is 15.9. The highest BCUT2D eigenvalue weighted by Crippen LogP contribution is 2.17. The number of carbonyl (C=O) groups is 2. The Hall–Kier alpha value is -2.13. The molecule has 1 saturated heterocycles. The van der Waals surface area contributed by atoms with Crippen LogP contribution in [0.2, 0.25) is 0 Å². The van der Waals surface area contributed by atoms with E-state index < -0.39 is 0 Å². The van der Waals surface area contributed by atoms with E-state index in [9.17, 15) is 9.59 Å². The fourth-order valence-corrected chi connectivity index (χ4v) is 3.66. The van der Waals surface area contributed by atoms with Crippen molar-refractivity contribution in [3.05, 3.63) is 63.2 Å². The van der Waals surface area contributed by atoms with Crippen molar-refractivity contribution in [2.75, 3.05) is 44.8 Å². The van der Waals surface area contributed by atoms with Crippen LogP contribution in [0.3, 0.4) is 0 Å². The van der Waals surface area contributed by atoms with Crippen molar-refractivity contribution in [1.29, 1.82) is 0 Å². The van der Waals surface area contributed by atoms with Crippen molar-refractivity contribution >= 4 is 40.1 Å². The van der Waals surface area contributed by atoms with Crippen molar-refractivity contribution in [3.8, 4) is 0 Å². The summed E-state index contributed by atoms with van der Waals surface area (Å²) in [5.41, 5.74) is 2.81. The van der Waals surface area contributed by atoms with Crippen LogP contribution >= 0.6 is 22.6 Å². The quantitative estimate of drug-likeness (QED) is 0.629. The molecular weight excluding hydrogens is 469 g/mol. The highest BCUT2D eigenvalue weighted by atomic mass is 127. The fraction of sp³-hybridized carbons (Fsp3) is 0.333. The van der Waals surface area contributed by atoms with Crippen LogP contribution in [0.1, 0.15) is 15.9 Å². The van der Waals surface area contributed by atoms with Gasteiger partial charge < -0.3 is 19.9 Å². The highest BCUT2D eigenvalue weighted by molar-refractivity contribution is 14.1. The van der Waals surface area contributed by atoms with Gasteiger partial charge in [-0.1, -0.05) is 24.3 Å². The van der Waals surface area contributed by atoms with Gasteiger partial charge in [-0.15, -0.1) is 0 Å². The molecule has 1 aliphatic heterocycles. The Morgan fingerprint density at radius 2 is 1.79 bits per heavy atom. The average molecular weight is 493 g/mol. The summed E-state index contributed by atoms with van der Waals surface area (Å²) in [4.78, 5) is 28.5. The van der Waals surface area contributed by atoms with E-state index in [2.05, 4.69) is 44.9 Å².